The summed E-state index contributed by atoms with van der Waals surface area (Å²) in [7, 11) is 0. The van der Waals surface area contributed by atoms with Crippen molar-refractivity contribution in [3.63, 3.8) is 0 Å². The summed E-state index contributed by atoms with van der Waals surface area (Å²) in [5, 5.41) is 9.19. The van der Waals surface area contributed by atoms with Crippen molar-refractivity contribution >= 4 is 17.7 Å². The normalized spacial score (nSPS) is 15.1. The third-order valence-corrected chi connectivity index (χ3v) is 3.92. The van der Waals surface area contributed by atoms with Crippen molar-refractivity contribution in [3.05, 3.63) is 22.9 Å². The molecule has 1 saturated carbocycles. The highest BCUT2D eigenvalue weighted by molar-refractivity contribution is 5.99. The standard InChI is InChI=1S/C15H21N3O3/c1-9-7-10(2)17-15(13(9)14(16)21)18(8-12(19)20)11-5-3-4-6-11/h7,11H,3-6,8H2,1-2H3,(H2,16,21)(H,19,20). The summed E-state index contributed by atoms with van der Waals surface area (Å²) in [5.74, 6) is -1.09. The maximum Gasteiger partial charge on any atom is 0.323 e. The largest absolute Gasteiger partial charge is 0.480 e. The van der Waals surface area contributed by atoms with Crippen molar-refractivity contribution in [1.82, 2.24) is 4.98 Å². The third kappa shape index (κ3) is 3.32. The number of pyridine rings is 1. The Kier molecular flexibility index (Phi) is 4.45. The molecule has 0 atom stereocenters. The number of rotatable bonds is 5. The Morgan fingerprint density at radius 3 is 2.52 bits per heavy atom. The topological polar surface area (TPSA) is 96.5 Å². The summed E-state index contributed by atoms with van der Waals surface area (Å²) in [6, 6.07) is 1.89. The van der Waals surface area contributed by atoms with Gasteiger partial charge in [-0.05, 0) is 38.3 Å². The molecule has 3 N–H and O–H groups in total. The number of carbonyl (C=O) groups excluding carboxylic acids is 1. The molecule has 1 aliphatic rings. The van der Waals surface area contributed by atoms with Crippen LogP contribution in [0.25, 0.3) is 0 Å². The average Bonchev–Trinajstić information content (AvgIpc) is 2.87. The van der Waals surface area contributed by atoms with Gasteiger partial charge in [0.15, 0.2) is 0 Å². The number of carbonyl (C=O) groups is 2. The van der Waals surface area contributed by atoms with Crippen molar-refractivity contribution in [2.45, 2.75) is 45.6 Å². The van der Waals surface area contributed by atoms with E-state index >= 15 is 0 Å². The van der Waals surface area contributed by atoms with Crippen LogP contribution in [0.15, 0.2) is 6.07 Å². The lowest BCUT2D eigenvalue weighted by Crippen LogP contribution is -2.40. The summed E-state index contributed by atoms with van der Waals surface area (Å²) >= 11 is 0. The van der Waals surface area contributed by atoms with Crippen LogP contribution in [0.1, 0.15) is 47.3 Å². The molecule has 0 saturated heterocycles. The number of carboxylic acids is 1. The molecule has 0 bridgehead atoms. The molecule has 1 fully saturated rings. The van der Waals surface area contributed by atoms with Crippen LogP contribution in [0.2, 0.25) is 0 Å². The van der Waals surface area contributed by atoms with Gasteiger partial charge in [-0.15, -0.1) is 0 Å². The zero-order valence-corrected chi connectivity index (χ0v) is 12.4. The molecule has 1 amide bonds. The number of primary amides is 1. The molecule has 1 aliphatic carbocycles. The highest BCUT2D eigenvalue weighted by Crippen LogP contribution is 2.30. The molecule has 21 heavy (non-hydrogen) atoms. The lowest BCUT2D eigenvalue weighted by Gasteiger charge is -2.30. The molecule has 2 rings (SSSR count). The van der Waals surface area contributed by atoms with E-state index in [1.54, 1.807) is 17.9 Å². The van der Waals surface area contributed by atoms with Gasteiger partial charge >= 0.3 is 5.97 Å². The highest BCUT2D eigenvalue weighted by Gasteiger charge is 2.29. The molecular formula is C15H21N3O3. The van der Waals surface area contributed by atoms with Crippen LogP contribution in [-0.2, 0) is 4.79 Å². The first-order valence-corrected chi connectivity index (χ1v) is 7.16. The summed E-state index contributed by atoms with van der Waals surface area (Å²) in [6.07, 6.45) is 3.97. The zero-order valence-electron chi connectivity index (χ0n) is 12.4. The maximum absolute atomic E-state index is 11.8. The van der Waals surface area contributed by atoms with Crippen LogP contribution in [-0.4, -0.2) is 34.6 Å². The SMILES string of the molecule is Cc1cc(C)c(C(N)=O)c(N(CC(=O)O)C2CCCC2)n1. The molecule has 0 spiro atoms. The molecule has 1 aromatic heterocycles. The van der Waals surface area contributed by atoms with Gasteiger partial charge in [-0.3, -0.25) is 9.59 Å². The number of hydrogen-bond acceptors (Lipinski definition) is 4. The number of carboxylic acid groups (broad SMARTS) is 1. The second kappa shape index (κ2) is 6.11. The number of nitrogens with zero attached hydrogens (tertiary/aromatic N) is 2. The van der Waals surface area contributed by atoms with E-state index in [1.165, 1.54) is 0 Å². The van der Waals surface area contributed by atoms with E-state index < -0.39 is 11.9 Å². The number of anilines is 1. The Hall–Kier alpha value is -2.11. The monoisotopic (exact) mass is 291 g/mol. The van der Waals surface area contributed by atoms with E-state index in [-0.39, 0.29) is 12.6 Å². The number of hydrogen-bond donors (Lipinski definition) is 2. The summed E-state index contributed by atoms with van der Waals surface area (Å²) in [4.78, 5) is 29.1. The average molecular weight is 291 g/mol. The molecule has 0 radical (unpaired) electrons. The summed E-state index contributed by atoms with van der Waals surface area (Å²) < 4.78 is 0. The van der Waals surface area contributed by atoms with Crippen LogP contribution in [0.5, 0.6) is 0 Å². The van der Waals surface area contributed by atoms with Crippen molar-refractivity contribution < 1.29 is 14.7 Å². The Bertz CT molecular complexity index is 566. The first-order chi connectivity index (χ1) is 9.90. The van der Waals surface area contributed by atoms with Gasteiger partial charge in [0.25, 0.3) is 5.91 Å². The van der Waals surface area contributed by atoms with Crippen LogP contribution in [0.4, 0.5) is 5.82 Å². The smallest absolute Gasteiger partial charge is 0.323 e. The number of amides is 1. The van der Waals surface area contributed by atoms with Crippen molar-refractivity contribution in [2.24, 2.45) is 5.73 Å². The first-order valence-electron chi connectivity index (χ1n) is 7.16. The lowest BCUT2D eigenvalue weighted by atomic mass is 10.1. The number of aliphatic carboxylic acids is 1. The Labute approximate surface area is 124 Å². The molecule has 114 valence electrons. The van der Waals surface area contributed by atoms with Crippen molar-refractivity contribution in [3.8, 4) is 0 Å². The van der Waals surface area contributed by atoms with Gasteiger partial charge in [-0.25, -0.2) is 4.98 Å². The van der Waals surface area contributed by atoms with E-state index in [4.69, 9.17) is 5.73 Å². The van der Waals surface area contributed by atoms with Crippen LogP contribution in [0, 0.1) is 13.8 Å². The molecule has 6 nitrogen and oxygen atoms in total. The second-order valence-corrected chi connectivity index (χ2v) is 5.60. The predicted octanol–water partition coefficient (Wildman–Crippen LogP) is 1.63. The minimum atomic E-state index is -0.932. The fourth-order valence-corrected chi connectivity index (χ4v) is 3.07. The van der Waals surface area contributed by atoms with E-state index in [1.807, 2.05) is 6.92 Å². The van der Waals surface area contributed by atoms with E-state index in [2.05, 4.69) is 4.98 Å². The van der Waals surface area contributed by atoms with Gasteiger partial charge < -0.3 is 15.7 Å². The Morgan fingerprint density at radius 2 is 2.00 bits per heavy atom. The van der Waals surface area contributed by atoms with Crippen molar-refractivity contribution in [2.75, 3.05) is 11.4 Å². The number of nitrogens with two attached hydrogens (primary N) is 1. The van der Waals surface area contributed by atoms with Gasteiger partial charge in [-0.2, -0.15) is 0 Å². The minimum absolute atomic E-state index is 0.105. The van der Waals surface area contributed by atoms with E-state index in [0.29, 0.717) is 11.4 Å². The Balaban J connectivity index is 2.52. The summed E-state index contributed by atoms with van der Waals surface area (Å²) in [5.41, 5.74) is 7.29. The van der Waals surface area contributed by atoms with Crippen molar-refractivity contribution in [1.29, 1.82) is 0 Å². The Morgan fingerprint density at radius 1 is 1.38 bits per heavy atom. The van der Waals surface area contributed by atoms with Crippen LogP contribution >= 0.6 is 0 Å². The number of aryl methyl sites for hydroxylation is 2. The molecular weight excluding hydrogens is 270 g/mol. The summed E-state index contributed by atoms with van der Waals surface area (Å²) in [6.45, 7) is 3.46. The van der Waals surface area contributed by atoms with Gasteiger partial charge in [0, 0.05) is 11.7 Å². The fraction of sp³-hybridized carbons (Fsp3) is 0.533. The predicted molar refractivity (Wildman–Crippen MR) is 79.5 cm³/mol. The first kappa shape index (κ1) is 15.3. The van der Waals surface area contributed by atoms with Crippen LogP contribution < -0.4 is 10.6 Å². The molecule has 1 heterocycles. The molecule has 6 heteroatoms. The lowest BCUT2D eigenvalue weighted by molar-refractivity contribution is -0.135. The van der Waals surface area contributed by atoms with Gasteiger partial charge in [0.2, 0.25) is 0 Å². The van der Waals surface area contributed by atoms with E-state index in [0.717, 1.165) is 36.9 Å². The maximum atomic E-state index is 11.8. The quantitative estimate of drug-likeness (QED) is 0.859. The van der Waals surface area contributed by atoms with Crippen LogP contribution in [0.3, 0.4) is 0 Å². The fourth-order valence-electron chi connectivity index (χ4n) is 3.07. The molecule has 0 aliphatic heterocycles. The van der Waals surface area contributed by atoms with Gasteiger partial charge in [0.1, 0.15) is 12.4 Å². The molecule has 0 aromatic carbocycles. The molecule has 1 aromatic rings. The third-order valence-electron chi connectivity index (χ3n) is 3.92. The highest BCUT2D eigenvalue weighted by atomic mass is 16.4. The zero-order chi connectivity index (χ0) is 15.6. The molecule has 0 unspecified atom stereocenters. The number of aromatic nitrogens is 1. The van der Waals surface area contributed by atoms with Gasteiger partial charge in [-0.1, -0.05) is 12.8 Å². The van der Waals surface area contributed by atoms with E-state index in [9.17, 15) is 14.7 Å². The second-order valence-electron chi connectivity index (χ2n) is 5.60. The van der Waals surface area contributed by atoms with Gasteiger partial charge in [0.05, 0.1) is 5.56 Å². The minimum Gasteiger partial charge on any atom is -0.480 e.